The second-order valence-corrected chi connectivity index (χ2v) is 7.64. The van der Waals surface area contributed by atoms with Crippen molar-refractivity contribution in [3.63, 3.8) is 0 Å². The first-order chi connectivity index (χ1) is 12.3. The molecule has 1 aliphatic rings. The SMILES string of the molecule is CCNC(=NCc1cccc(Cn2cccn2)c1)NCC1CCCS1.I. The van der Waals surface area contributed by atoms with Crippen molar-refractivity contribution in [1.29, 1.82) is 0 Å². The van der Waals surface area contributed by atoms with E-state index in [4.69, 9.17) is 4.99 Å². The lowest BCUT2D eigenvalue weighted by molar-refractivity contribution is 0.686. The van der Waals surface area contributed by atoms with Crippen LogP contribution in [0, 0.1) is 0 Å². The van der Waals surface area contributed by atoms with E-state index in [2.05, 4.69) is 58.7 Å². The van der Waals surface area contributed by atoms with Gasteiger partial charge in [-0.2, -0.15) is 16.9 Å². The highest BCUT2D eigenvalue weighted by molar-refractivity contribution is 14.0. The van der Waals surface area contributed by atoms with E-state index < -0.39 is 0 Å². The van der Waals surface area contributed by atoms with Gasteiger partial charge in [0.2, 0.25) is 0 Å². The third-order valence-electron chi connectivity index (χ3n) is 4.18. The Morgan fingerprint density at radius 2 is 2.19 bits per heavy atom. The fourth-order valence-corrected chi connectivity index (χ4v) is 4.14. The molecule has 26 heavy (non-hydrogen) atoms. The van der Waals surface area contributed by atoms with Crippen molar-refractivity contribution in [3.8, 4) is 0 Å². The van der Waals surface area contributed by atoms with Crippen LogP contribution in [0.2, 0.25) is 0 Å². The van der Waals surface area contributed by atoms with Gasteiger partial charge in [0.05, 0.1) is 13.1 Å². The number of thioether (sulfide) groups is 1. The van der Waals surface area contributed by atoms with E-state index in [1.807, 2.05) is 23.1 Å². The quantitative estimate of drug-likeness (QED) is 0.358. The van der Waals surface area contributed by atoms with Crippen LogP contribution >= 0.6 is 35.7 Å². The van der Waals surface area contributed by atoms with E-state index in [-0.39, 0.29) is 24.0 Å². The molecule has 1 saturated heterocycles. The third-order valence-corrected chi connectivity index (χ3v) is 5.58. The minimum atomic E-state index is 0. The molecule has 0 spiro atoms. The summed E-state index contributed by atoms with van der Waals surface area (Å²) in [6.07, 6.45) is 6.45. The van der Waals surface area contributed by atoms with Gasteiger partial charge in [0.1, 0.15) is 0 Å². The van der Waals surface area contributed by atoms with Gasteiger partial charge in [-0.15, -0.1) is 24.0 Å². The van der Waals surface area contributed by atoms with Crippen LogP contribution in [-0.2, 0) is 13.1 Å². The van der Waals surface area contributed by atoms with Crippen molar-refractivity contribution in [1.82, 2.24) is 20.4 Å². The fraction of sp³-hybridized carbons (Fsp3) is 0.474. The maximum absolute atomic E-state index is 4.75. The second kappa shape index (κ2) is 11.5. The number of nitrogens with one attached hydrogen (secondary N) is 2. The number of hydrogen-bond donors (Lipinski definition) is 2. The summed E-state index contributed by atoms with van der Waals surface area (Å²) in [5, 5.41) is 11.8. The molecule has 1 aliphatic heterocycles. The van der Waals surface area contributed by atoms with Crippen LogP contribution in [0.25, 0.3) is 0 Å². The van der Waals surface area contributed by atoms with Crippen molar-refractivity contribution in [2.75, 3.05) is 18.8 Å². The van der Waals surface area contributed by atoms with E-state index in [1.165, 1.54) is 29.7 Å². The summed E-state index contributed by atoms with van der Waals surface area (Å²) in [4.78, 5) is 4.75. The van der Waals surface area contributed by atoms with Crippen LogP contribution in [0.4, 0.5) is 0 Å². The molecule has 1 aromatic heterocycles. The molecule has 2 aromatic rings. The smallest absolute Gasteiger partial charge is 0.191 e. The molecule has 0 bridgehead atoms. The average Bonchev–Trinajstić information content (AvgIpc) is 3.31. The number of nitrogens with zero attached hydrogens (tertiary/aromatic N) is 3. The largest absolute Gasteiger partial charge is 0.357 e. The molecule has 142 valence electrons. The van der Waals surface area contributed by atoms with Gasteiger partial charge < -0.3 is 10.6 Å². The molecule has 1 unspecified atom stereocenters. The highest BCUT2D eigenvalue weighted by Gasteiger charge is 2.15. The lowest BCUT2D eigenvalue weighted by Crippen LogP contribution is -2.40. The van der Waals surface area contributed by atoms with Gasteiger partial charge in [-0.05, 0) is 42.7 Å². The van der Waals surface area contributed by atoms with Crippen LogP contribution in [0.5, 0.6) is 0 Å². The van der Waals surface area contributed by atoms with Crippen molar-refractivity contribution in [2.24, 2.45) is 4.99 Å². The molecule has 7 heteroatoms. The molecule has 0 saturated carbocycles. The molecule has 1 atom stereocenters. The van der Waals surface area contributed by atoms with Crippen molar-refractivity contribution in [2.45, 2.75) is 38.1 Å². The maximum atomic E-state index is 4.75. The Balaban J connectivity index is 0.00000243. The van der Waals surface area contributed by atoms with E-state index in [0.29, 0.717) is 6.54 Å². The molecule has 2 N–H and O–H groups in total. The zero-order valence-electron chi connectivity index (χ0n) is 15.2. The van der Waals surface area contributed by atoms with Gasteiger partial charge in [0, 0.05) is 30.7 Å². The Morgan fingerprint density at radius 3 is 2.92 bits per heavy atom. The van der Waals surface area contributed by atoms with Crippen molar-refractivity contribution in [3.05, 3.63) is 53.9 Å². The monoisotopic (exact) mass is 485 g/mol. The Labute approximate surface area is 177 Å². The molecule has 1 fully saturated rings. The average molecular weight is 485 g/mol. The number of guanidine groups is 1. The molecular formula is C19H28IN5S. The highest BCUT2D eigenvalue weighted by atomic mass is 127. The summed E-state index contributed by atoms with van der Waals surface area (Å²) in [6.45, 7) is 5.45. The second-order valence-electron chi connectivity index (χ2n) is 6.23. The van der Waals surface area contributed by atoms with E-state index in [1.54, 1.807) is 0 Å². The lowest BCUT2D eigenvalue weighted by Gasteiger charge is -2.14. The first-order valence-corrected chi connectivity index (χ1v) is 10.1. The minimum absolute atomic E-state index is 0. The number of aromatic nitrogens is 2. The molecular weight excluding hydrogens is 457 g/mol. The summed E-state index contributed by atoms with van der Waals surface area (Å²) < 4.78 is 1.94. The van der Waals surface area contributed by atoms with Gasteiger partial charge in [-0.3, -0.25) is 4.68 Å². The molecule has 3 rings (SSSR count). The predicted molar refractivity (Wildman–Crippen MR) is 121 cm³/mol. The first kappa shape index (κ1) is 21.1. The number of benzene rings is 1. The Hall–Kier alpha value is -1.22. The molecule has 2 heterocycles. The van der Waals surface area contributed by atoms with Crippen LogP contribution in [0.15, 0.2) is 47.7 Å². The maximum Gasteiger partial charge on any atom is 0.191 e. The van der Waals surface area contributed by atoms with Crippen molar-refractivity contribution >= 4 is 41.7 Å². The van der Waals surface area contributed by atoms with E-state index >= 15 is 0 Å². The highest BCUT2D eigenvalue weighted by Crippen LogP contribution is 2.25. The minimum Gasteiger partial charge on any atom is -0.357 e. The fourth-order valence-electron chi connectivity index (χ4n) is 2.94. The molecule has 0 aliphatic carbocycles. The number of aliphatic imine (C=N–C) groups is 1. The van der Waals surface area contributed by atoms with Crippen LogP contribution in [0.1, 0.15) is 30.9 Å². The van der Waals surface area contributed by atoms with Crippen molar-refractivity contribution < 1.29 is 0 Å². The summed E-state index contributed by atoms with van der Waals surface area (Å²) >= 11 is 2.07. The van der Waals surface area contributed by atoms with Crippen LogP contribution in [-0.4, -0.2) is 39.8 Å². The van der Waals surface area contributed by atoms with Gasteiger partial charge in [-0.1, -0.05) is 24.3 Å². The van der Waals surface area contributed by atoms with Gasteiger partial charge >= 0.3 is 0 Å². The first-order valence-electron chi connectivity index (χ1n) is 9.02. The summed E-state index contributed by atoms with van der Waals surface area (Å²) in [5.74, 6) is 2.20. The lowest BCUT2D eigenvalue weighted by atomic mass is 10.1. The standard InChI is InChI=1S/C19H27N5S.HI/c1-2-20-19(22-14-18-8-4-11-25-18)21-13-16-6-3-7-17(12-16)15-24-10-5-9-23-24;/h3,5-7,9-10,12,18H,2,4,8,11,13-15H2,1H3,(H2,20,21,22);1H. The van der Waals surface area contributed by atoms with E-state index in [9.17, 15) is 0 Å². The van der Waals surface area contributed by atoms with Crippen LogP contribution < -0.4 is 10.6 Å². The predicted octanol–water partition coefficient (Wildman–Crippen LogP) is 3.50. The number of hydrogen-bond acceptors (Lipinski definition) is 3. The summed E-state index contributed by atoms with van der Waals surface area (Å²) in [6, 6.07) is 10.5. The van der Waals surface area contributed by atoms with Gasteiger partial charge in [-0.25, -0.2) is 4.99 Å². The molecule has 0 radical (unpaired) electrons. The van der Waals surface area contributed by atoms with Crippen LogP contribution in [0.3, 0.4) is 0 Å². The van der Waals surface area contributed by atoms with Gasteiger partial charge in [0.15, 0.2) is 5.96 Å². The summed E-state index contributed by atoms with van der Waals surface area (Å²) in [5.41, 5.74) is 2.47. The summed E-state index contributed by atoms with van der Waals surface area (Å²) in [7, 11) is 0. The number of rotatable bonds is 7. The Morgan fingerprint density at radius 1 is 1.31 bits per heavy atom. The Bertz CT molecular complexity index is 668. The normalized spacial score (nSPS) is 17.0. The molecule has 1 aromatic carbocycles. The third kappa shape index (κ3) is 6.83. The topological polar surface area (TPSA) is 54.2 Å². The van der Waals surface area contributed by atoms with E-state index in [0.717, 1.165) is 30.8 Å². The molecule has 5 nitrogen and oxygen atoms in total. The molecule has 0 amide bonds. The number of halogens is 1. The van der Waals surface area contributed by atoms with Gasteiger partial charge in [0.25, 0.3) is 0 Å². The Kier molecular flexibility index (Phi) is 9.31. The zero-order chi connectivity index (χ0) is 17.3. The zero-order valence-corrected chi connectivity index (χ0v) is 18.4.